The van der Waals surface area contributed by atoms with Gasteiger partial charge in [-0.2, -0.15) is 0 Å². The van der Waals surface area contributed by atoms with Crippen molar-refractivity contribution in [2.24, 2.45) is 10.7 Å². The van der Waals surface area contributed by atoms with E-state index in [4.69, 9.17) is 10.5 Å². The smallest absolute Gasteiger partial charge is 0.302 e. The van der Waals surface area contributed by atoms with Crippen LogP contribution in [0.15, 0.2) is 70.9 Å². The molecule has 0 bridgehead atoms. The number of anilines is 1. The van der Waals surface area contributed by atoms with Crippen LogP contribution in [0.5, 0.6) is 0 Å². The first kappa shape index (κ1) is 19.2. The van der Waals surface area contributed by atoms with Crippen molar-refractivity contribution in [2.45, 2.75) is 27.2 Å². The molecule has 0 aliphatic heterocycles. The van der Waals surface area contributed by atoms with Crippen molar-refractivity contribution in [1.82, 2.24) is 0 Å². The average molecular weight is 327 g/mol. The van der Waals surface area contributed by atoms with Crippen LogP contribution in [-0.2, 0) is 9.53 Å². The first-order valence-corrected chi connectivity index (χ1v) is 7.81. The standard InChI is InChI=1S/C19H25N3O2/c1-4-5-7-12-18(15(2)13-14-24-16(3)23)22-19(20)21-17-10-8-6-9-11-17/h4-12H,13-14H2,1-3H3,(H3,20,21,22)/b5-4-,12-7-,18-15-. The lowest BCUT2D eigenvalue weighted by atomic mass is 10.1. The second-order valence-corrected chi connectivity index (χ2v) is 5.13. The molecule has 5 nitrogen and oxygen atoms in total. The number of para-hydroxylation sites is 1. The molecule has 0 saturated carbocycles. The van der Waals surface area contributed by atoms with Gasteiger partial charge in [0.25, 0.3) is 0 Å². The zero-order valence-corrected chi connectivity index (χ0v) is 14.5. The van der Waals surface area contributed by atoms with Gasteiger partial charge in [0.2, 0.25) is 0 Å². The Bertz CT molecular complexity index is 644. The van der Waals surface area contributed by atoms with Gasteiger partial charge in [0.05, 0.1) is 12.3 Å². The Morgan fingerprint density at radius 3 is 2.58 bits per heavy atom. The normalized spacial score (nSPS) is 13.2. The van der Waals surface area contributed by atoms with Gasteiger partial charge < -0.3 is 15.8 Å². The van der Waals surface area contributed by atoms with Crippen LogP contribution in [0, 0.1) is 0 Å². The number of aliphatic imine (C=N–C) groups is 1. The highest BCUT2D eigenvalue weighted by molar-refractivity contribution is 5.93. The van der Waals surface area contributed by atoms with Gasteiger partial charge in [0, 0.05) is 19.0 Å². The molecule has 0 saturated heterocycles. The van der Waals surface area contributed by atoms with E-state index in [9.17, 15) is 4.79 Å². The molecular weight excluding hydrogens is 302 g/mol. The summed E-state index contributed by atoms with van der Waals surface area (Å²) in [4.78, 5) is 15.3. The number of nitrogens with one attached hydrogen (secondary N) is 1. The van der Waals surface area contributed by atoms with Gasteiger partial charge in [-0.3, -0.25) is 4.79 Å². The van der Waals surface area contributed by atoms with Gasteiger partial charge >= 0.3 is 5.97 Å². The van der Waals surface area contributed by atoms with E-state index in [-0.39, 0.29) is 5.97 Å². The average Bonchev–Trinajstić information content (AvgIpc) is 2.54. The van der Waals surface area contributed by atoms with Crippen molar-refractivity contribution in [1.29, 1.82) is 0 Å². The topological polar surface area (TPSA) is 76.7 Å². The van der Waals surface area contributed by atoms with Crippen molar-refractivity contribution in [3.63, 3.8) is 0 Å². The molecule has 1 rings (SSSR count). The molecular formula is C19H25N3O2. The Morgan fingerprint density at radius 2 is 1.96 bits per heavy atom. The number of allylic oxidation sites excluding steroid dienone is 4. The maximum Gasteiger partial charge on any atom is 0.302 e. The molecule has 0 spiro atoms. The summed E-state index contributed by atoms with van der Waals surface area (Å²) in [5, 5.41) is 3.05. The minimum absolute atomic E-state index is 0.289. The highest BCUT2D eigenvalue weighted by Crippen LogP contribution is 2.13. The van der Waals surface area contributed by atoms with Crippen LogP contribution >= 0.6 is 0 Å². The number of carbonyl (C=O) groups excluding carboxylic acids is 1. The van der Waals surface area contributed by atoms with Gasteiger partial charge in [0.15, 0.2) is 5.96 Å². The Balaban J connectivity index is 2.90. The number of carbonyl (C=O) groups is 1. The number of ether oxygens (including phenoxy) is 1. The maximum atomic E-state index is 10.9. The van der Waals surface area contributed by atoms with Crippen LogP contribution in [0.1, 0.15) is 27.2 Å². The van der Waals surface area contributed by atoms with E-state index in [0.717, 1.165) is 17.0 Å². The molecule has 3 N–H and O–H groups in total. The molecule has 0 amide bonds. The summed E-state index contributed by atoms with van der Waals surface area (Å²) in [5.41, 5.74) is 8.58. The molecule has 0 unspecified atom stereocenters. The van der Waals surface area contributed by atoms with Crippen LogP contribution in [0.4, 0.5) is 5.69 Å². The number of nitrogens with two attached hydrogens (primary N) is 1. The second kappa shape index (κ2) is 10.8. The largest absolute Gasteiger partial charge is 0.466 e. The van der Waals surface area contributed by atoms with E-state index in [1.165, 1.54) is 6.92 Å². The van der Waals surface area contributed by atoms with Crippen molar-refractivity contribution >= 4 is 17.6 Å². The summed E-state index contributed by atoms with van der Waals surface area (Å²) >= 11 is 0. The van der Waals surface area contributed by atoms with E-state index in [0.29, 0.717) is 19.0 Å². The van der Waals surface area contributed by atoms with Gasteiger partial charge in [0.1, 0.15) is 0 Å². The van der Waals surface area contributed by atoms with Crippen LogP contribution < -0.4 is 11.1 Å². The van der Waals surface area contributed by atoms with Crippen molar-refractivity contribution in [3.05, 3.63) is 65.9 Å². The first-order chi connectivity index (χ1) is 11.5. The van der Waals surface area contributed by atoms with E-state index in [1.54, 1.807) is 0 Å². The van der Waals surface area contributed by atoms with Gasteiger partial charge in [-0.1, -0.05) is 36.4 Å². The summed E-state index contributed by atoms with van der Waals surface area (Å²) < 4.78 is 4.98. The fourth-order valence-corrected chi connectivity index (χ4v) is 1.84. The quantitative estimate of drug-likeness (QED) is 0.346. The molecule has 1 aromatic rings. The molecule has 24 heavy (non-hydrogen) atoms. The van der Waals surface area contributed by atoms with E-state index in [1.807, 2.05) is 68.5 Å². The highest BCUT2D eigenvalue weighted by Gasteiger charge is 2.02. The third-order valence-corrected chi connectivity index (χ3v) is 3.06. The van der Waals surface area contributed by atoms with Crippen LogP contribution in [0.25, 0.3) is 0 Å². The van der Waals surface area contributed by atoms with Crippen molar-refractivity contribution in [3.8, 4) is 0 Å². The number of hydrogen-bond donors (Lipinski definition) is 2. The predicted octanol–water partition coefficient (Wildman–Crippen LogP) is 3.77. The molecule has 0 radical (unpaired) electrons. The lowest BCUT2D eigenvalue weighted by molar-refractivity contribution is -0.140. The fourth-order valence-electron chi connectivity index (χ4n) is 1.84. The van der Waals surface area contributed by atoms with Crippen molar-refractivity contribution in [2.75, 3.05) is 11.9 Å². The number of nitrogens with zero attached hydrogens (tertiary/aromatic N) is 1. The summed E-state index contributed by atoms with van der Waals surface area (Å²) in [5.74, 6) is 0.00994. The molecule has 0 aliphatic carbocycles. The molecule has 5 heteroatoms. The third-order valence-electron chi connectivity index (χ3n) is 3.06. The van der Waals surface area contributed by atoms with Gasteiger partial charge in [-0.15, -0.1) is 0 Å². The second-order valence-electron chi connectivity index (χ2n) is 5.13. The minimum atomic E-state index is -0.289. The van der Waals surface area contributed by atoms with Crippen LogP contribution in [-0.4, -0.2) is 18.5 Å². The zero-order chi connectivity index (χ0) is 17.8. The number of hydrogen-bond acceptors (Lipinski definition) is 3. The Hall–Kier alpha value is -2.82. The van der Waals surface area contributed by atoms with Crippen molar-refractivity contribution < 1.29 is 9.53 Å². The van der Waals surface area contributed by atoms with E-state index >= 15 is 0 Å². The minimum Gasteiger partial charge on any atom is -0.466 e. The maximum absolute atomic E-state index is 10.9. The van der Waals surface area contributed by atoms with E-state index in [2.05, 4.69) is 10.3 Å². The monoisotopic (exact) mass is 327 g/mol. The Morgan fingerprint density at radius 1 is 1.25 bits per heavy atom. The Labute approximate surface area is 143 Å². The van der Waals surface area contributed by atoms with Crippen LogP contribution in [0.2, 0.25) is 0 Å². The Kier molecular flexibility index (Phi) is 8.68. The molecule has 0 atom stereocenters. The molecule has 0 aliphatic rings. The summed E-state index contributed by atoms with van der Waals surface area (Å²) in [7, 11) is 0. The zero-order valence-electron chi connectivity index (χ0n) is 14.5. The summed E-state index contributed by atoms with van der Waals surface area (Å²) in [6.45, 7) is 5.60. The molecule has 0 fully saturated rings. The third kappa shape index (κ3) is 7.98. The lowest BCUT2D eigenvalue weighted by Crippen LogP contribution is -2.22. The van der Waals surface area contributed by atoms with Gasteiger partial charge in [-0.05, 0) is 37.6 Å². The lowest BCUT2D eigenvalue weighted by Gasteiger charge is -2.08. The van der Waals surface area contributed by atoms with Gasteiger partial charge in [-0.25, -0.2) is 4.99 Å². The summed E-state index contributed by atoms with van der Waals surface area (Å²) in [6, 6.07) is 9.60. The first-order valence-electron chi connectivity index (χ1n) is 7.81. The fraction of sp³-hybridized carbons (Fsp3) is 0.263. The predicted molar refractivity (Wildman–Crippen MR) is 99.6 cm³/mol. The molecule has 0 aromatic heterocycles. The number of benzene rings is 1. The number of rotatable bonds is 7. The van der Waals surface area contributed by atoms with E-state index < -0.39 is 0 Å². The summed E-state index contributed by atoms with van der Waals surface area (Å²) in [6.07, 6.45) is 8.21. The molecule has 128 valence electrons. The van der Waals surface area contributed by atoms with Crippen LogP contribution in [0.3, 0.4) is 0 Å². The molecule has 1 aromatic carbocycles. The number of guanidine groups is 1. The highest BCUT2D eigenvalue weighted by atomic mass is 16.5. The number of esters is 1. The molecule has 0 heterocycles. The SMILES string of the molecule is C\C=C/C=C\C(N=C(N)Nc1ccccc1)=C(/C)CCOC(C)=O.